The SMILES string of the molecule is CC(C)(C)CC(C)(C)n1c(CCl)nc2cc(Cl)cnc21. The number of aromatic nitrogens is 3. The average Bonchev–Trinajstić information content (AvgIpc) is 2.63. The maximum absolute atomic E-state index is 6.08. The summed E-state index contributed by atoms with van der Waals surface area (Å²) in [5, 5.41) is 0.594. The largest absolute Gasteiger partial charge is 0.306 e. The first-order valence-electron chi connectivity index (χ1n) is 6.73. The molecular weight excluding hydrogens is 293 g/mol. The smallest absolute Gasteiger partial charge is 0.160 e. The minimum atomic E-state index is -0.113. The molecule has 0 amide bonds. The molecule has 0 aliphatic rings. The van der Waals surface area contributed by atoms with Gasteiger partial charge in [0.25, 0.3) is 0 Å². The zero-order valence-electron chi connectivity index (χ0n) is 12.7. The molecule has 2 aromatic rings. The summed E-state index contributed by atoms with van der Waals surface area (Å²) in [6.45, 7) is 11.1. The number of alkyl halides is 1. The molecule has 0 fully saturated rings. The van der Waals surface area contributed by atoms with Crippen LogP contribution in [-0.2, 0) is 11.4 Å². The summed E-state index contributed by atoms with van der Waals surface area (Å²) in [7, 11) is 0. The minimum absolute atomic E-state index is 0.113. The molecule has 20 heavy (non-hydrogen) atoms. The number of hydrogen-bond donors (Lipinski definition) is 0. The van der Waals surface area contributed by atoms with Crippen LogP contribution in [0.1, 0.15) is 46.9 Å². The average molecular weight is 314 g/mol. The number of halogens is 2. The fourth-order valence-electron chi connectivity index (χ4n) is 3.09. The first-order chi connectivity index (χ1) is 9.14. The van der Waals surface area contributed by atoms with E-state index in [9.17, 15) is 0 Å². The Morgan fingerprint density at radius 2 is 1.85 bits per heavy atom. The van der Waals surface area contributed by atoms with Crippen molar-refractivity contribution in [2.45, 2.75) is 52.5 Å². The standard InChI is InChI=1S/C15H21Cl2N3/c1-14(2,3)9-15(4,5)20-12(7-16)19-11-6-10(17)8-18-13(11)20/h6,8H,7,9H2,1-5H3. The van der Waals surface area contributed by atoms with Crippen molar-refractivity contribution in [2.75, 3.05) is 0 Å². The third-order valence-electron chi connectivity index (χ3n) is 3.22. The topological polar surface area (TPSA) is 30.7 Å². The fourth-order valence-corrected chi connectivity index (χ4v) is 3.42. The Morgan fingerprint density at radius 3 is 2.40 bits per heavy atom. The Labute approximate surface area is 130 Å². The Bertz CT molecular complexity index is 624. The lowest BCUT2D eigenvalue weighted by atomic mass is 9.81. The molecule has 0 unspecified atom stereocenters. The quantitative estimate of drug-likeness (QED) is 0.747. The van der Waals surface area contributed by atoms with Crippen molar-refractivity contribution in [3.05, 3.63) is 23.1 Å². The third kappa shape index (κ3) is 3.09. The van der Waals surface area contributed by atoms with Crippen LogP contribution in [0.15, 0.2) is 12.3 Å². The maximum Gasteiger partial charge on any atom is 0.160 e. The van der Waals surface area contributed by atoms with Gasteiger partial charge in [0.05, 0.1) is 10.9 Å². The number of fused-ring (bicyclic) bond motifs is 1. The summed E-state index contributed by atoms with van der Waals surface area (Å²) in [6, 6.07) is 1.84. The fraction of sp³-hybridized carbons (Fsp3) is 0.600. The van der Waals surface area contributed by atoms with Crippen molar-refractivity contribution in [2.24, 2.45) is 5.41 Å². The highest BCUT2D eigenvalue weighted by atomic mass is 35.5. The summed E-state index contributed by atoms with van der Waals surface area (Å²) in [4.78, 5) is 9.03. The summed E-state index contributed by atoms with van der Waals surface area (Å²) >= 11 is 12.1. The van der Waals surface area contributed by atoms with E-state index in [2.05, 4.69) is 49.2 Å². The van der Waals surface area contributed by atoms with Gasteiger partial charge in [-0.3, -0.25) is 0 Å². The van der Waals surface area contributed by atoms with E-state index < -0.39 is 0 Å². The number of imidazole rings is 1. The van der Waals surface area contributed by atoms with Crippen LogP contribution < -0.4 is 0 Å². The van der Waals surface area contributed by atoms with Crippen LogP contribution in [0.25, 0.3) is 11.2 Å². The highest BCUT2D eigenvalue weighted by molar-refractivity contribution is 6.31. The molecule has 0 spiro atoms. The molecule has 0 N–H and O–H groups in total. The summed E-state index contributed by atoms with van der Waals surface area (Å²) in [6.07, 6.45) is 2.66. The van der Waals surface area contributed by atoms with E-state index in [-0.39, 0.29) is 11.0 Å². The molecule has 0 atom stereocenters. The van der Waals surface area contributed by atoms with Gasteiger partial charge in [0, 0.05) is 11.7 Å². The molecule has 0 aliphatic carbocycles. The predicted molar refractivity (Wildman–Crippen MR) is 85.5 cm³/mol. The number of hydrogen-bond acceptors (Lipinski definition) is 2. The van der Waals surface area contributed by atoms with Crippen molar-refractivity contribution in [3.8, 4) is 0 Å². The molecule has 5 heteroatoms. The van der Waals surface area contributed by atoms with Gasteiger partial charge >= 0.3 is 0 Å². The molecule has 0 saturated heterocycles. The lowest BCUT2D eigenvalue weighted by Gasteiger charge is -2.35. The van der Waals surface area contributed by atoms with E-state index in [1.807, 2.05) is 6.07 Å². The minimum Gasteiger partial charge on any atom is -0.306 e. The van der Waals surface area contributed by atoms with Crippen LogP contribution in [0.2, 0.25) is 5.02 Å². The van der Waals surface area contributed by atoms with Gasteiger partial charge < -0.3 is 4.57 Å². The summed E-state index contributed by atoms with van der Waals surface area (Å²) in [5.74, 6) is 1.20. The highest BCUT2D eigenvalue weighted by Crippen LogP contribution is 2.35. The molecule has 0 radical (unpaired) electrons. The molecule has 110 valence electrons. The van der Waals surface area contributed by atoms with Crippen LogP contribution in [0.3, 0.4) is 0 Å². The van der Waals surface area contributed by atoms with Crippen molar-refractivity contribution in [1.82, 2.24) is 14.5 Å². The van der Waals surface area contributed by atoms with E-state index in [4.69, 9.17) is 23.2 Å². The summed E-state index contributed by atoms with van der Waals surface area (Å²) in [5.41, 5.74) is 1.74. The normalized spacial score (nSPS) is 13.2. The molecule has 2 heterocycles. The zero-order chi connectivity index (χ0) is 15.1. The number of rotatable bonds is 3. The van der Waals surface area contributed by atoms with Crippen LogP contribution in [0.4, 0.5) is 0 Å². The zero-order valence-corrected chi connectivity index (χ0v) is 14.2. The van der Waals surface area contributed by atoms with Gasteiger partial charge in [0.2, 0.25) is 0 Å². The van der Waals surface area contributed by atoms with E-state index in [0.29, 0.717) is 10.9 Å². The van der Waals surface area contributed by atoms with Crippen molar-refractivity contribution in [3.63, 3.8) is 0 Å². The van der Waals surface area contributed by atoms with Crippen molar-refractivity contribution < 1.29 is 0 Å². The van der Waals surface area contributed by atoms with Gasteiger partial charge in [-0.1, -0.05) is 32.4 Å². The summed E-state index contributed by atoms with van der Waals surface area (Å²) < 4.78 is 2.15. The molecular formula is C15H21Cl2N3. The van der Waals surface area contributed by atoms with Gasteiger partial charge in [0.1, 0.15) is 11.3 Å². The highest BCUT2D eigenvalue weighted by Gasteiger charge is 2.31. The van der Waals surface area contributed by atoms with Gasteiger partial charge in [-0.05, 0) is 31.7 Å². The van der Waals surface area contributed by atoms with E-state index in [1.165, 1.54) is 0 Å². The van der Waals surface area contributed by atoms with E-state index in [0.717, 1.165) is 23.4 Å². The Hall–Kier alpha value is -0.800. The number of nitrogens with zero attached hydrogens (tertiary/aromatic N) is 3. The van der Waals surface area contributed by atoms with Crippen molar-refractivity contribution in [1.29, 1.82) is 0 Å². The molecule has 2 aromatic heterocycles. The second-order valence-corrected chi connectivity index (χ2v) is 7.75. The second kappa shape index (κ2) is 5.19. The van der Waals surface area contributed by atoms with Crippen LogP contribution in [0, 0.1) is 5.41 Å². The van der Waals surface area contributed by atoms with Crippen LogP contribution in [-0.4, -0.2) is 14.5 Å². The molecule has 2 rings (SSSR count). The van der Waals surface area contributed by atoms with Crippen molar-refractivity contribution >= 4 is 34.4 Å². The van der Waals surface area contributed by atoms with Gasteiger partial charge in [-0.25, -0.2) is 9.97 Å². The lowest BCUT2D eigenvalue weighted by Crippen LogP contribution is -2.32. The second-order valence-electron chi connectivity index (χ2n) is 7.04. The van der Waals surface area contributed by atoms with Crippen LogP contribution >= 0.6 is 23.2 Å². The molecule has 0 aliphatic heterocycles. The van der Waals surface area contributed by atoms with E-state index >= 15 is 0 Å². The predicted octanol–water partition coefficient (Wildman–Crippen LogP) is 4.99. The van der Waals surface area contributed by atoms with Crippen LogP contribution in [0.5, 0.6) is 0 Å². The molecule has 0 saturated carbocycles. The lowest BCUT2D eigenvalue weighted by molar-refractivity contribution is 0.215. The first-order valence-corrected chi connectivity index (χ1v) is 7.65. The number of pyridine rings is 1. The van der Waals surface area contributed by atoms with Gasteiger partial charge in [-0.2, -0.15) is 0 Å². The Morgan fingerprint density at radius 1 is 1.20 bits per heavy atom. The van der Waals surface area contributed by atoms with Gasteiger partial charge in [-0.15, -0.1) is 11.6 Å². The Balaban J connectivity index is 2.62. The molecule has 0 aromatic carbocycles. The van der Waals surface area contributed by atoms with E-state index in [1.54, 1.807) is 6.20 Å². The first kappa shape index (κ1) is 15.6. The third-order valence-corrected chi connectivity index (χ3v) is 3.67. The molecule has 0 bridgehead atoms. The monoisotopic (exact) mass is 313 g/mol. The van der Waals surface area contributed by atoms with Gasteiger partial charge in [0.15, 0.2) is 5.65 Å². The maximum atomic E-state index is 6.08. The Kier molecular flexibility index (Phi) is 4.05. The molecule has 3 nitrogen and oxygen atoms in total.